The van der Waals surface area contributed by atoms with Gasteiger partial charge in [-0.05, 0) is 49.7 Å². The Morgan fingerprint density at radius 3 is 2.62 bits per heavy atom. The fourth-order valence-corrected chi connectivity index (χ4v) is 3.25. The van der Waals surface area contributed by atoms with Crippen LogP contribution in [0.15, 0.2) is 58.5 Å². The molecule has 1 aromatic heterocycles. The van der Waals surface area contributed by atoms with E-state index in [4.69, 9.17) is 4.42 Å². The maximum atomic E-state index is 13.8. The molecule has 0 N–H and O–H groups in total. The predicted octanol–water partition coefficient (Wildman–Crippen LogP) is 5.35. The van der Waals surface area contributed by atoms with E-state index in [0.29, 0.717) is 0 Å². The molecule has 0 unspecified atom stereocenters. The van der Waals surface area contributed by atoms with Crippen LogP contribution in [-0.4, -0.2) is 25.0 Å². The van der Waals surface area contributed by atoms with E-state index in [9.17, 15) is 4.39 Å². The molecule has 0 atom stereocenters. The second kappa shape index (κ2) is 6.25. The average Bonchev–Trinajstić information content (AvgIpc) is 3.02. The van der Waals surface area contributed by atoms with Gasteiger partial charge in [-0.25, -0.2) is 4.39 Å². The summed E-state index contributed by atoms with van der Waals surface area (Å²) in [4.78, 5) is 2.34. The van der Waals surface area contributed by atoms with Crippen LogP contribution < -0.4 is 0 Å². The van der Waals surface area contributed by atoms with Crippen molar-refractivity contribution in [1.82, 2.24) is 4.90 Å². The molecule has 0 amide bonds. The molecule has 1 fully saturated rings. The summed E-state index contributed by atoms with van der Waals surface area (Å²) in [5.41, 5.74) is 4.08. The van der Waals surface area contributed by atoms with E-state index in [1.165, 1.54) is 11.6 Å². The third kappa shape index (κ3) is 3.00. The molecule has 0 radical (unpaired) electrons. The monoisotopic (exact) mass is 321 g/mol. The highest BCUT2D eigenvalue weighted by molar-refractivity contribution is 5.85. The van der Waals surface area contributed by atoms with Gasteiger partial charge in [0.2, 0.25) is 0 Å². The molecule has 2 heterocycles. The number of para-hydroxylation sites is 1. The first-order valence-corrected chi connectivity index (χ1v) is 8.35. The largest absolute Gasteiger partial charge is 0.456 e. The minimum absolute atomic E-state index is 0.240. The maximum Gasteiger partial charge on any atom is 0.136 e. The molecule has 1 aliphatic rings. The number of rotatable bonds is 2. The minimum atomic E-state index is -0.240. The van der Waals surface area contributed by atoms with E-state index in [1.54, 1.807) is 6.07 Å². The molecular formula is C21H20FNO. The fourth-order valence-electron chi connectivity index (χ4n) is 3.25. The lowest BCUT2D eigenvalue weighted by Crippen LogP contribution is -2.26. The lowest BCUT2D eigenvalue weighted by Gasteiger charge is -2.24. The van der Waals surface area contributed by atoms with Gasteiger partial charge in [-0.15, -0.1) is 0 Å². The summed E-state index contributed by atoms with van der Waals surface area (Å²) < 4.78 is 19.8. The lowest BCUT2D eigenvalue weighted by atomic mass is 9.97. The zero-order chi connectivity index (χ0) is 16.5. The Morgan fingerprint density at radius 2 is 1.83 bits per heavy atom. The first-order chi connectivity index (χ1) is 11.7. The number of halogens is 1. The predicted molar refractivity (Wildman–Crippen MR) is 96.3 cm³/mol. The molecule has 3 heteroatoms. The van der Waals surface area contributed by atoms with Crippen molar-refractivity contribution in [2.24, 2.45) is 0 Å². The molecule has 2 nitrogen and oxygen atoms in total. The molecular weight excluding hydrogens is 301 g/mol. The van der Waals surface area contributed by atoms with Crippen LogP contribution in [0.4, 0.5) is 4.39 Å². The Bertz CT molecular complexity index is 866. The number of fused-ring (bicyclic) bond motifs is 1. The first-order valence-electron chi connectivity index (χ1n) is 8.35. The molecule has 3 aromatic rings. The summed E-state index contributed by atoms with van der Waals surface area (Å²) in [6.45, 7) is 2.15. The normalized spacial score (nSPS) is 15.8. The van der Waals surface area contributed by atoms with Crippen molar-refractivity contribution in [3.8, 4) is 11.3 Å². The van der Waals surface area contributed by atoms with Crippen molar-refractivity contribution in [1.29, 1.82) is 0 Å². The van der Waals surface area contributed by atoms with Gasteiger partial charge in [0.25, 0.3) is 0 Å². The van der Waals surface area contributed by atoms with E-state index in [0.717, 1.165) is 53.8 Å². The fraction of sp³-hybridized carbons (Fsp3) is 0.238. The SMILES string of the molecule is CN1CCC(=Cc2ccc(F)cc2-c2cc3ccccc3o2)CC1. The van der Waals surface area contributed by atoms with E-state index in [-0.39, 0.29) is 5.82 Å². The van der Waals surface area contributed by atoms with Gasteiger partial charge >= 0.3 is 0 Å². The van der Waals surface area contributed by atoms with Gasteiger partial charge in [0.05, 0.1) is 0 Å². The number of nitrogens with zero attached hydrogens (tertiary/aromatic N) is 1. The number of furan rings is 1. The summed E-state index contributed by atoms with van der Waals surface area (Å²) in [6, 6.07) is 14.8. The average molecular weight is 321 g/mol. The van der Waals surface area contributed by atoms with Crippen LogP contribution in [0.3, 0.4) is 0 Å². The Balaban J connectivity index is 1.77. The summed E-state index contributed by atoms with van der Waals surface area (Å²) in [6.07, 6.45) is 4.33. The molecule has 24 heavy (non-hydrogen) atoms. The highest BCUT2D eigenvalue weighted by Gasteiger charge is 2.14. The van der Waals surface area contributed by atoms with Gasteiger partial charge in [-0.2, -0.15) is 0 Å². The zero-order valence-electron chi connectivity index (χ0n) is 13.8. The van der Waals surface area contributed by atoms with Crippen LogP contribution >= 0.6 is 0 Å². The minimum Gasteiger partial charge on any atom is -0.456 e. The number of hydrogen-bond donors (Lipinski definition) is 0. The maximum absolute atomic E-state index is 13.8. The van der Waals surface area contributed by atoms with E-state index in [1.807, 2.05) is 36.4 Å². The molecule has 122 valence electrons. The van der Waals surface area contributed by atoms with Gasteiger partial charge in [-0.1, -0.05) is 35.9 Å². The molecule has 0 spiro atoms. The number of benzene rings is 2. The first kappa shape index (κ1) is 15.2. The number of piperidine rings is 1. The molecule has 0 bridgehead atoms. The van der Waals surface area contributed by atoms with Crippen LogP contribution in [-0.2, 0) is 0 Å². The third-order valence-corrected chi connectivity index (χ3v) is 4.70. The molecule has 1 saturated heterocycles. The van der Waals surface area contributed by atoms with Crippen LogP contribution in [0, 0.1) is 5.82 Å². The van der Waals surface area contributed by atoms with Crippen molar-refractivity contribution in [2.75, 3.05) is 20.1 Å². The highest BCUT2D eigenvalue weighted by Crippen LogP contribution is 2.32. The van der Waals surface area contributed by atoms with Crippen LogP contribution in [0.25, 0.3) is 28.4 Å². The van der Waals surface area contributed by atoms with Crippen molar-refractivity contribution >= 4 is 17.0 Å². The smallest absolute Gasteiger partial charge is 0.136 e. The van der Waals surface area contributed by atoms with Crippen molar-refractivity contribution in [3.05, 3.63) is 65.5 Å². The standard InChI is InChI=1S/C21H20FNO/c1-23-10-8-15(9-11-23)12-16-6-7-18(22)14-19(16)21-13-17-4-2-3-5-20(17)24-21/h2-7,12-14H,8-11H2,1H3. The topological polar surface area (TPSA) is 16.4 Å². The highest BCUT2D eigenvalue weighted by atomic mass is 19.1. The molecule has 4 rings (SSSR count). The second-order valence-electron chi connectivity index (χ2n) is 6.49. The van der Waals surface area contributed by atoms with Crippen LogP contribution in [0.5, 0.6) is 0 Å². The number of hydrogen-bond acceptors (Lipinski definition) is 2. The van der Waals surface area contributed by atoms with E-state index in [2.05, 4.69) is 18.0 Å². The molecule has 2 aromatic carbocycles. The van der Waals surface area contributed by atoms with Crippen molar-refractivity contribution < 1.29 is 8.81 Å². The van der Waals surface area contributed by atoms with Gasteiger partial charge < -0.3 is 9.32 Å². The Kier molecular flexibility index (Phi) is 3.95. The van der Waals surface area contributed by atoms with Crippen molar-refractivity contribution in [2.45, 2.75) is 12.8 Å². The van der Waals surface area contributed by atoms with E-state index >= 15 is 0 Å². The molecule has 1 aliphatic heterocycles. The summed E-state index contributed by atoms with van der Waals surface area (Å²) in [5.74, 6) is 0.478. The number of likely N-dealkylation sites (tertiary alicyclic amines) is 1. The zero-order valence-corrected chi connectivity index (χ0v) is 13.8. The van der Waals surface area contributed by atoms with Gasteiger partial charge in [0.15, 0.2) is 0 Å². The quantitative estimate of drug-likeness (QED) is 0.633. The van der Waals surface area contributed by atoms with Crippen LogP contribution in [0.2, 0.25) is 0 Å². The molecule has 0 aliphatic carbocycles. The second-order valence-corrected chi connectivity index (χ2v) is 6.49. The summed E-state index contributed by atoms with van der Waals surface area (Å²) >= 11 is 0. The summed E-state index contributed by atoms with van der Waals surface area (Å²) in [7, 11) is 2.15. The Hall–Kier alpha value is -2.39. The van der Waals surface area contributed by atoms with Crippen molar-refractivity contribution in [3.63, 3.8) is 0 Å². The Morgan fingerprint density at radius 1 is 1.04 bits per heavy atom. The summed E-state index contributed by atoms with van der Waals surface area (Å²) in [5, 5.41) is 1.04. The van der Waals surface area contributed by atoms with Gasteiger partial charge in [0, 0.05) is 24.0 Å². The Labute approximate surface area is 141 Å². The molecule has 0 saturated carbocycles. The van der Waals surface area contributed by atoms with Crippen LogP contribution in [0.1, 0.15) is 18.4 Å². The van der Waals surface area contributed by atoms with E-state index < -0.39 is 0 Å². The third-order valence-electron chi connectivity index (χ3n) is 4.70. The van der Waals surface area contributed by atoms with Gasteiger partial charge in [-0.3, -0.25) is 0 Å². The lowest BCUT2D eigenvalue weighted by molar-refractivity contribution is 0.313. The van der Waals surface area contributed by atoms with Gasteiger partial charge in [0.1, 0.15) is 17.2 Å².